The third kappa shape index (κ3) is 12.9. The summed E-state index contributed by atoms with van der Waals surface area (Å²) in [7, 11) is 0. The minimum absolute atomic E-state index is 0. The maximum Gasteiger partial charge on any atom is 2.00 e. The Kier molecular flexibility index (Phi) is 33.8. The zero-order chi connectivity index (χ0) is 31.8. The van der Waals surface area contributed by atoms with Gasteiger partial charge in [0.15, 0.2) is 0 Å². The Bertz CT molecular complexity index is 1230. The summed E-state index contributed by atoms with van der Waals surface area (Å²) < 4.78 is 0. The van der Waals surface area contributed by atoms with Gasteiger partial charge in [-0.3, -0.25) is 0 Å². The van der Waals surface area contributed by atoms with Crippen LogP contribution in [-0.2, 0) is 59.2 Å². The normalized spacial score (nSPS) is 9.76. The van der Waals surface area contributed by atoms with Crippen LogP contribution in [0.1, 0.15) is 97.1 Å². The van der Waals surface area contributed by atoms with E-state index in [1.165, 1.54) is 27.8 Å². The van der Waals surface area contributed by atoms with Gasteiger partial charge in [0.05, 0.1) is 0 Å². The summed E-state index contributed by atoms with van der Waals surface area (Å²) in [6.45, 7) is 22.0. The molecule has 0 aliphatic heterocycles. The van der Waals surface area contributed by atoms with E-state index in [4.69, 9.17) is 0 Å². The van der Waals surface area contributed by atoms with Gasteiger partial charge in [0.2, 0.25) is 0 Å². The summed E-state index contributed by atoms with van der Waals surface area (Å²) in [5.74, 6) is 0. The third-order valence-electron chi connectivity index (χ3n) is 6.04. The van der Waals surface area contributed by atoms with Crippen molar-refractivity contribution in [1.29, 1.82) is 0 Å². The molecule has 0 nitrogen and oxygen atoms in total. The molecule has 0 atom stereocenters. The molecule has 0 unspecified atom stereocenters. The Hall–Kier alpha value is -2.11. The average Bonchev–Trinajstić information content (AvgIpc) is 3.42. The van der Waals surface area contributed by atoms with Crippen LogP contribution >= 0.6 is 0 Å². The Labute approximate surface area is 318 Å². The van der Waals surface area contributed by atoms with Crippen LogP contribution < -0.4 is 0 Å². The van der Waals surface area contributed by atoms with E-state index in [-0.39, 0.29) is 66.6 Å². The van der Waals surface area contributed by atoms with Gasteiger partial charge < -0.3 is 7.43 Å². The van der Waals surface area contributed by atoms with Gasteiger partial charge in [0.25, 0.3) is 0 Å². The topological polar surface area (TPSA) is 0 Å². The molecule has 5 aromatic carbocycles. The summed E-state index contributed by atoms with van der Waals surface area (Å²) >= 11 is 0. The molecule has 0 fully saturated rings. The standard InChI is InChI=1S/C25H16.C7H7.5C2H6.CH3.W.Y/c1-3-11-19(12-4-1)25(20-13-5-2-6-14-20)23-17-9-7-15-21(23)22-16-8-10-18-24(22)25;1-7-5-3-2-4-6-7;5*1-2;;;/h1-11,13,15-18H;2-5H,1H3;5*1-2H3;1H3;;/q-2;-1;;;;;;-1;+2;. The van der Waals surface area contributed by atoms with Crippen molar-refractivity contribution in [3.63, 3.8) is 0 Å². The van der Waals surface area contributed by atoms with Gasteiger partial charge in [0.1, 0.15) is 0 Å². The fourth-order valence-corrected chi connectivity index (χ4v) is 4.70. The summed E-state index contributed by atoms with van der Waals surface area (Å²) in [5, 5.41) is 0. The molecule has 0 spiro atoms. The quantitative estimate of drug-likeness (QED) is 0.152. The van der Waals surface area contributed by atoms with E-state index in [2.05, 4.69) is 91.0 Å². The van der Waals surface area contributed by atoms with Crippen molar-refractivity contribution in [2.45, 2.75) is 81.6 Å². The van der Waals surface area contributed by atoms with Gasteiger partial charge in [-0.2, -0.15) is 96.6 Å². The predicted molar refractivity (Wildman–Crippen MR) is 195 cm³/mol. The van der Waals surface area contributed by atoms with E-state index in [9.17, 15) is 0 Å². The van der Waals surface area contributed by atoms with Gasteiger partial charge in [0, 0.05) is 38.1 Å². The molecule has 1 radical (unpaired) electrons. The van der Waals surface area contributed by atoms with E-state index in [0.717, 1.165) is 11.1 Å². The number of aryl methyl sites for hydroxylation is 1. The second-order valence-corrected chi connectivity index (χ2v) is 7.94. The van der Waals surface area contributed by atoms with Gasteiger partial charge in [-0.25, -0.2) is 0 Å². The molecule has 0 amide bonds. The molecule has 5 aromatic rings. The Balaban J connectivity index is -0.000000359. The molecule has 0 heterocycles. The van der Waals surface area contributed by atoms with E-state index < -0.39 is 0 Å². The van der Waals surface area contributed by atoms with E-state index >= 15 is 0 Å². The summed E-state index contributed by atoms with van der Waals surface area (Å²) in [5.41, 5.74) is 8.37. The number of rotatable bonds is 2. The molecule has 1 aliphatic rings. The molecule has 6 rings (SSSR count). The third-order valence-corrected chi connectivity index (χ3v) is 6.04. The summed E-state index contributed by atoms with van der Waals surface area (Å²) in [6.07, 6.45) is 0. The van der Waals surface area contributed by atoms with E-state index in [0.29, 0.717) is 0 Å². The van der Waals surface area contributed by atoms with Gasteiger partial charge in [-0.1, -0.05) is 125 Å². The largest absolute Gasteiger partial charge is 2.00 e. The number of hydrogen-bond acceptors (Lipinski definition) is 0. The molecule has 2 heteroatoms. The van der Waals surface area contributed by atoms with Crippen LogP contribution in [0.3, 0.4) is 0 Å². The molecule has 0 saturated heterocycles. The van der Waals surface area contributed by atoms with Crippen LogP contribution in [0.4, 0.5) is 0 Å². The van der Waals surface area contributed by atoms with Gasteiger partial charge in [-0.15, -0.1) is 11.1 Å². The monoisotopic (exact) mass is 845 g/mol. The van der Waals surface area contributed by atoms with Gasteiger partial charge >= 0.3 is 21.1 Å². The van der Waals surface area contributed by atoms with Crippen molar-refractivity contribution in [1.82, 2.24) is 0 Å². The molecule has 1 aliphatic carbocycles. The zero-order valence-electron chi connectivity index (χ0n) is 30.0. The first-order valence-corrected chi connectivity index (χ1v) is 15.9. The second-order valence-electron chi connectivity index (χ2n) is 7.94. The first-order valence-electron chi connectivity index (χ1n) is 15.9. The number of benzene rings is 5. The molecule has 239 valence electrons. The Morgan fingerprint density at radius 3 is 1.00 bits per heavy atom. The molecule has 0 bridgehead atoms. The van der Waals surface area contributed by atoms with Crippen molar-refractivity contribution in [3.8, 4) is 11.1 Å². The molecular formula is C43H56WY-2. The second kappa shape index (κ2) is 30.5. The molecule has 0 saturated carbocycles. The SMILES string of the molecule is CC.CC.CC.CC.CC.Cc1[c-]cccc1.[CH3-].[W+2].[Y].[c-]1ccccc1C1(c2[c-]cccc2)c2ccccc2-c2ccccc21. The zero-order valence-corrected chi connectivity index (χ0v) is 35.8. The van der Waals surface area contributed by atoms with Crippen LogP contribution in [0.5, 0.6) is 0 Å². The van der Waals surface area contributed by atoms with E-state index in [1.54, 1.807) is 0 Å². The Morgan fingerprint density at radius 2 is 0.733 bits per heavy atom. The fourth-order valence-electron chi connectivity index (χ4n) is 4.70. The minimum atomic E-state index is -0.365. The summed E-state index contributed by atoms with van der Waals surface area (Å²) in [6, 6.07) is 52.0. The molecule has 45 heavy (non-hydrogen) atoms. The van der Waals surface area contributed by atoms with Crippen molar-refractivity contribution in [2.24, 2.45) is 0 Å². The fraction of sp³-hybridized carbons (Fsp3) is 0.279. The predicted octanol–water partition coefficient (Wildman–Crippen LogP) is 13.0. The van der Waals surface area contributed by atoms with E-state index in [1.807, 2.05) is 125 Å². The first-order chi connectivity index (χ1) is 20.8. The average molecular weight is 846 g/mol. The van der Waals surface area contributed by atoms with Crippen LogP contribution in [0.2, 0.25) is 0 Å². The smallest absolute Gasteiger partial charge is 0.358 e. The maximum absolute atomic E-state index is 3.51. The minimum Gasteiger partial charge on any atom is -0.358 e. The maximum atomic E-state index is 3.51. The molecule has 0 N–H and O–H groups in total. The Morgan fingerprint density at radius 1 is 0.422 bits per heavy atom. The van der Waals surface area contributed by atoms with Crippen LogP contribution in [0.25, 0.3) is 11.1 Å². The van der Waals surface area contributed by atoms with Crippen LogP contribution in [0, 0.1) is 32.5 Å². The van der Waals surface area contributed by atoms with Gasteiger partial charge in [-0.05, 0) is 22.3 Å². The first kappa shape index (κ1) is 49.8. The molecular weight excluding hydrogens is 789 g/mol. The van der Waals surface area contributed by atoms with Crippen molar-refractivity contribution in [2.75, 3.05) is 0 Å². The van der Waals surface area contributed by atoms with Crippen molar-refractivity contribution >= 4 is 0 Å². The number of hydrogen-bond donors (Lipinski definition) is 0. The molecule has 0 aromatic heterocycles. The number of fused-ring (bicyclic) bond motifs is 3. The van der Waals surface area contributed by atoms with Crippen LogP contribution in [0.15, 0.2) is 121 Å². The summed E-state index contributed by atoms with van der Waals surface area (Å²) in [4.78, 5) is 0. The van der Waals surface area contributed by atoms with Crippen LogP contribution in [-0.4, -0.2) is 0 Å². The van der Waals surface area contributed by atoms with Crippen molar-refractivity contribution in [3.05, 3.63) is 175 Å². The van der Waals surface area contributed by atoms with Crippen molar-refractivity contribution < 1.29 is 53.8 Å².